The lowest BCUT2D eigenvalue weighted by Crippen LogP contribution is -2.12. The maximum atomic E-state index is 10.0. The van der Waals surface area contributed by atoms with Gasteiger partial charge in [-0.3, -0.25) is 0 Å². The molecule has 0 saturated heterocycles. The van der Waals surface area contributed by atoms with Crippen LogP contribution in [0.15, 0.2) is 35.6 Å². The fourth-order valence-corrected chi connectivity index (χ4v) is 2.05. The summed E-state index contributed by atoms with van der Waals surface area (Å²) in [5.74, 6) is -0.121. The predicted molar refractivity (Wildman–Crippen MR) is 63.2 cm³/mol. The molecule has 3 nitrogen and oxygen atoms in total. The lowest BCUT2D eigenvalue weighted by molar-refractivity contribution is 0.356. The summed E-state index contributed by atoms with van der Waals surface area (Å²) in [5.41, 5.74) is 0.130. The largest absolute Gasteiger partial charge is 0.509 e. The van der Waals surface area contributed by atoms with Crippen molar-refractivity contribution in [3.63, 3.8) is 0 Å². The minimum atomic E-state index is -0.550. The number of nitriles is 2. The van der Waals surface area contributed by atoms with Gasteiger partial charge in [-0.1, -0.05) is 23.7 Å². The van der Waals surface area contributed by atoms with E-state index in [-0.39, 0.29) is 11.3 Å². The van der Waals surface area contributed by atoms with Crippen LogP contribution in [-0.2, 0) is 5.41 Å². The van der Waals surface area contributed by atoms with E-state index in [1.165, 1.54) is 0 Å². The molecule has 1 aliphatic carbocycles. The molecule has 1 fully saturated rings. The van der Waals surface area contributed by atoms with Gasteiger partial charge in [0.15, 0.2) is 5.57 Å². The molecule has 2 rings (SSSR count). The van der Waals surface area contributed by atoms with E-state index in [0.717, 1.165) is 18.4 Å². The molecule has 0 spiro atoms. The molecular weight excluding hydrogens is 236 g/mol. The van der Waals surface area contributed by atoms with Gasteiger partial charge in [0.1, 0.15) is 17.9 Å². The smallest absolute Gasteiger partial charge is 0.167 e. The Hall–Kier alpha value is -1.97. The molecular formula is C13H9ClN2O. The minimum Gasteiger partial charge on any atom is -0.509 e. The van der Waals surface area contributed by atoms with Crippen LogP contribution in [0, 0.1) is 22.7 Å². The number of hydrogen-bond donors (Lipinski definition) is 1. The summed E-state index contributed by atoms with van der Waals surface area (Å²) < 4.78 is 0. The molecule has 0 heterocycles. The summed E-state index contributed by atoms with van der Waals surface area (Å²) in [6, 6.07) is 10.6. The Labute approximate surface area is 104 Å². The number of hydrogen-bond acceptors (Lipinski definition) is 3. The molecule has 0 bridgehead atoms. The number of aliphatic hydroxyl groups is 1. The third kappa shape index (κ3) is 1.86. The van der Waals surface area contributed by atoms with Gasteiger partial charge in [-0.2, -0.15) is 10.5 Å². The van der Waals surface area contributed by atoms with Gasteiger partial charge < -0.3 is 5.11 Å². The van der Waals surface area contributed by atoms with Crippen molar-refractivity contribution in [3.05, 3.63) is 46.2 Å². The van der Waals surface area contributed by atoms with Crippen molar-refractivity contribution in [3.8, 4) is 12.1 Å². The first-order valence-electron chi connectivity index (χ1n) is 5.14. The van der Waals surface area contributed by atoms with E-state index in [1.807, 2.05) is 12.1 Å². The van der Waals surface area contributed by atoms with Crippen LogP contribution in [0.25, 0.3) is 0 Å². The summed E-state index contributed by atoms with van der Waals surface area (Å²) in [4.78, 5) is 0. The molecule has 0 amide bonds. The highest BCUT2D eigenvalue weighted by molar-refractivity contribution is 6.30. The van der Waals surface area contributed by atoms with Crippen molar-refractivity contribution >= 4 is 11.6 Å². The lowest BCUT2D eigenvalue weighted by atomic mass is 9.91. The van der Waals surface area contributed by atoms with E-state index in [0.29, 0.717) is 5.02 Å². The molecule has 17 heavy (non-hydrogen) atoms. The molecule has 1 aromatic rings. The Bertz CT molecular complexity index is 541. The molecule has 0 atom stereocenters. The second-order valence-corrected chi connectivity index (χ2v) is 4.47. The topological polar surface area (TPSA) is 67.8 Å². The van der Waals surface area contributed by atoms with Crippen LogP contribution in [0.4, 0.5) is 0 Å². The Morgan fingerprint density at radius 2 is 1.71 bits per heavy atom. The third-order valence-electron chi connectivity index (χ3n) is 3.06. The fourth-order valence-electron chi connectivity index (χ4n) is 1.93. The van der Waals surface area contributed by atoms with Crippen LogP contribution in [0.3, 0.4) is 0 Å². The molecule has 1 aromatic carbocycles. The van der Waals surface area contributed by atoms with E-state index < -0.39 is 5.41 Å². The maximum absolute atomic E-state index is 10.0. The molecule has 84 valence electrons. The number of aliphatic hydroxyl groups excluding tert-OH is 1. The quantitative estimate of drug-likeness (QED) is 0.641. The summed E-state index contributed by atoms with van der Waals surface area (Å²) in [6.45, 7) is 0. The van der Waals surface area contributed by atoms with Gasteiger partial charge in [-0.25, -0.2) is 0 Å². The van der Waals surface area contributed by atoms with Gasteiger partial charge in [-0.05, 0) is 30.5 Å². The highest BCUT2D eigenvalue weighted by atomic mass is 35.5. The SMILES string of the molecule is N#CC(C#N)=C(O)C1(c2ccc(Cl)cc2)CC1. The Kier molecular flexibility index (Phi) is 2.79. The maximum Gasteiger partial charge on any atom is 0.167 e. The highest BCUT2D eigenvalue weighted by Gasteiger charge is 2.49. The van der Waals surface area contributed by atoms with E-state index in [4.69, 9.17) is 22.1 Å². The first-order chi connectivity index (χ1) is 8.14. The van der Waals surface area contributed by atoms with E-state index in [1.54, 1.807) is 24.3 Å². The van der Waals surface area contributed by atoms with Crippen LogP contribution >= 0.6 is 11.6 Å². The molecule has 0 unspecified atom stereocenters. The third-order valence-corrected chi connectivity index (χ3v) is 3.31. The Balaban J connectivity index is 2.46. The van der Waals surface area contributed by atoms with Crippen molar-refractivity contribution in [1.82, 2.24) is 0 Å². The zero-order valence-electron chi connectivity index (χ0n) is 8.94. The monoisotopic (exact) mass is 244 g/mol. The summed E-state index contributed by atoms with van der Waals surface area (Å²) in [5, 5.41) is 28.2. The Morgan fingerprint density at radius 3 is 2.12 bits per heavy atom. The minimum absolute atomic E-state index is 0.121. The van der Waals surface area contributed by atoms with Gasteiger partial charge in [-0.15, -0.1) is 0 Å². The summed E-state index contributed by atoms with van der Waals surface area (Å²) >= 11 is 5.80. The van der Waals surface area contributed by atoms with Crippen molar-refractivity contribution in [2.45, 2.75) is 18.3 Å². The van der Waals surface area contributed by atoms with Crippen molar-refractivity contribution in [1.29, 1.82) is 10.5 Å². The van der Waals surface area contributed by atoms with Crippen molar-refractivity contribution in [2.75, 3.05) is 0 Å². The summed E-state index contributed by atoms with van der Waals surface area (Å²) in [6.07, 6.45) is 1.49. The van der Waals surface area contributed by atoms with E-state index in [2.05, 4.69) is 0 Å². The number of nitrogens with zero attached hydrogens (tertiary/aromatic N) is 2. The molecule has 0 aromatic heterocycles. The van der Waals surface area contributed by atoms with Gasteiger partial charge in [0.2, 0.25) is 0 Å². The second kappa shape index (κ2) is 4.13. The normalized spacial score (nSPS) is 15.5. The van der Waals surface area contributed by atoms with Gasteiger partial charge >= 0.3 is 0 Å². The van der Waals surface area contributed by atoms with Crippen LogP contribution in [0.5, 0.6) is 0 Å². The molecule has 4 heteroatoms. The van der Waals surface area contributed by atoms with Crippen LogP contribution in [-0.4, -0.2) is 5.11 Å². The molecule has 0 aliphatic heterocycles. The van der Waals surface area contributed by atoms with Gasteiger partial charge in [0.05, 0.1) is 5.41 Å². The molecule has 0 radical (unpaired) electrons. The van der Waals surface area contributed by atoms with Crippen LogP contribution in [0.2, 0.25) is 5.02 Å². The number of benzene rings is 1. The van der Waals surface area contributed by atoms with E-state index in [9.17, 15) is 5.11 Å². The standard InChI is InChI=1S/C13H9ClN2O/c14-11-3-1-10(2-4-11)13(5-6-13)12(17)9(7-15)8-16/h1-4,17H,5-6H2. The van der Waals surface area contributed by atoms with Crippen LogP contribution < -0.4 is 0 Å². The van der Waals surface area contributed by atoms with Gasteiger partial charge in [0, 0.05) is 5.02 Å². The second-order valence-electron chi connectivity index (χ2n) is 4.04. The number of allylic oxidation sites excluding steroid dienone is 2. The molecule has 1 aliphatic rings. The first-order valence-corrected chi connectivity index (χ1v) is 5.52. The zero-order chi connectivity index (χ0) is 12.5. The first kappa shape index (κ1) is 11.5. The average molecular weight is 245 g/mol. The van der Waals surface area contributed by atoms with E-state index >= 15 is 0 Å². The molecule has 1 saturated carbocycles. The number of rotatable bonds is 2. The zero-order valence-corrected chi connectivity index (χ0v) is 9.70. The van der Waals surface area contributed by atoms with Crippen molar-refractivity contribution < 1.29 is 5.11 Å². The predicted octanol–water partition coefficient (Wildman–Crippen LogP) is 3.23. The van der Waals surface area contributed by atoms with Crippen molar-refractivity contribution in [2.24, 2.45) is 0 Å². The van der Waals surface area contributed by atoms with Crippen LogP contribution in [0.1, 0.15) is 18.4 Å². The fraction of sp³-hybridized carbons (Fsp3) is 0.231. The number of halogens is 1. The lowest BCUT2D eigenvalue weighted by Gasteiger charge is -2.14. The average Bonchev–Trinajstić information content (AvgIpc) is 3.13. The summed E-state index contributed by atoms with van der Waals surface area (Å²) in [7, 11) is 0. The van der Waals surface area contributed by atoms with Gasteiger partial charge in [0.25, 0.3) is 0 Å². The highest BCUT2D eigenvalue weighted by Crippen LogP contribution is 2.53. The Morgan fingerprint density at radius 1 is 1.18 bits per heavy atom. The molecule has 1 N–H and O–H groups in total.